The third-order valence-corrected chi connectivity index (χ3v) is 7.90. The van der Waals surface area contributed by atoms with Crippen LogP contribution in [0.1, 0.15) is 32.5 Å². The number of imide groups is 1. The molecule has 11 heteroatoms. The van der Waals surface area contributed by atoms with Crippen molar-refractivity contribution in [1.29, 1.82) is 0 Å². The number of pyridine rings is 1. The van der Waals surface area contributed by atoms with E-state index >= 15 is 0 Å². The highest BCUT2D eigenvalue weighted by atomic mass is 35.5. The van der Waals surface area contributed by atoms with Crippen LogP contribution in [0.5, 0.6) is 0 Å². The first-order valence-corrected chi connectivity index (χ1v) is 12.7. The Hall–Kier alpha value is -3.47. The van der Waals surface area contributed by atoms with Crippen LogP contribution in [-0.2, 0) is 6.42 Å². The van der Waals surface area contributed by atoms with Gasteiger partial charge in [0, 0.05) is 36.6 Å². The monoisotopic (exact) mass is 524 g/mol. The molecule has 36 heavy (non-hydrogen) atoms. The number of nitrogens with zero attached hydrogens (tertiary/aromatic N) is 3. The topological polar surface area (TPSA) is 114 Å². The minimum Gasteiger partial charge on any atom is -0.384 e. The average Bonchev–Trinajstić information content (AvgIpc) is 3.50. The SMILES string of the molecule is C[C@@H](CN1C(=O)c2cc3nc(-c4c(NCCc5sccc5Cl)cc[nH]c4=O)[nH]c3cc2C1=O)N(C)C. The highest BCUT2D eigenvalue weighted by molar-refractivity contribution is 7.10. The van der Waals surface area contributed by atoms with Crippen LogP contribution >= 0.6 is 22.9 Å². The average molecular weight is 525 g/mol. The molecule has 0 saturated carbocycles. The maximum absolute atomic E-state index is 13.0. The quantitative estimate of drug-likeness (QED) is 0.302. The first-order valence-electron chi connectivity index (χ1n) is 11.5. The molecule has 0 fully saturated rings. The summed E-state index contributed by atoms with van der Waals surface area (Å²) in [7, 11) is 3.81. The molecule has 0 radical (unpaired) electrons. The number of fused-ring (bicyclic) bond motifs is 2. The van der Waals surface area contributed by atoms with E-state index in [1.807, 2.05) is 37.4 Å². The molecule has 0 aliphatic carbocycles. The number of hydrogen-bond donors (Lipinski definition) is 3. The molecule has 0 spiro atoms. The van der Waals surface area contributed by atoms with Gasteiger partial charge in [-0.25, -0.2) is 4.98 Å². The second-order valence-electron chi connectivity index (χ2n) is 9.00. The largest absolute Gasteiger partial charge is 0.384 e. The molecule has 0 bridgehead atoms. The minimum absolute atomic E-state index is 0.0216. The maximum atomic E-state index is 13.0. The summed E-state index contributed by atoms with van der Waals surface area (Å²) in [4.78, 5) is 53.6. The summed E-state index contributed by atoms with van der Waals surface area (Å²) in [5, 5.41) is 5.98. The van der Waals surface area contributed by atoms with E-state index in [2.05, 4.69) is 20.3 Å². The predicted octanol–water partition coefficient (Wildman–Crippen LogP) is 3.83. The number of carbonyl (C=O) groups is 2. The third-order valence-electron chi connectivity index (χ3n) is 6.46. The van der Waals surface area contributed by atoms with E-state index in [-0.39, 0.29) is 23.4 Å². The van der Waals surface area contributed by atoms with Crippen LogP contribution < -0.4 is 10.9 Å². The van der Waals surface area contributed by atoms with Crippen LogP contribution in [0.15, 0.2) is 40.6 Å². The van der Waals surface area contributed by atoms with E-state index in [4.69, 9.17) is 11.6 Å². The number of hydrogen-bond acceptors (Lipinski definition) is 7. The molecule has 0 unspecified atom stereocenters. The van der Waals surface area contributed by atoms with E-state index < -0.39 is 0 Å². The lowest BCUT2D eigenvalue weighted by molar-refractivity contribution is 0.0618. The Labute approximate surface area is 216 Å². The lowest BCUT2D eigenvalue weighted by Gasteiger charge is -2.24. The molecule has 0 saturated heterocycles. The van der Waals surface area contributed by atoms with E-state index in [0.29, 0.717) is 58.7 Å². The van der Waals surface area contributed by atoms with Crippen molar-refractivity contribution in [2.24, 2.45) is 0 Å². The number of benzene rings is 1. The molecule has 4 heterocycles. The van der Waals surface area contributed by atoms with Crippen molar-refractivity contribution >= 4 is 51.5 Å². The molecule has 9 nitrogen and oxygen atoms in total. The second kappa shape index (κ2) is 9.53. The lowest BCUT2D eigenvalue weighted by Crippen LogP contribution is -2.41. The van der Waals surface area contributed by atoms with Crippen LogP contribution in [0.25, 0.3) is 22.4 Å². The summed E-state index contributed by atoms with van der Waals surface area (Å²) >= 11 is 7.78. The first-order chi connectivity index (χ1) is 17.2. The highest BCUT2D eigenvalue weighted by Crippen LogP contribution is 2.30. The van der Waals surface area contributed by atoms with Crippen molar-refractivity contribution in [2.75, 3.05) is 32.5 Å². The van der Waals surface area contributed by atoms with Gasteiger partial charge in [-0.2, -0.15) is 0 Å². The number of imidazole rings is 1. The Bertz CT molecular complexity index is 1490. The van der Waals surface area contributed by atoms with Crippen LogP contribution in [0, 0.1) is 0 Å². The second-order valence-corrected chi connectivity index (χ2v) is 10.4. The van der Waals surface area contributed by atoms with Gasteiger partial charge in [-0.3, -0.25) is 19.3 Å². The molecule has 2 amide bonds. The molecule has 5 rings (SSSR count). The Morgan fingerprint density at radius 1 is 1.17 bits per heavy atom. The number of H-pyrrole nitrogens is 2. The van der Waals surface area contributed by atoms with Crippen LogP contribution in [0.2, 0.25) is 5.02 Å². The van der Waals surface area contributed by atoms with Gasteiger partial charge in [0.05, 0.1) is 32.9 Å². The number of rotatable bonds is 8. The predicted molar refractivity (Wildman–Crippen MR) is 142 cm³/mol. The van der Waals surface area contributed by atoms with Crippen molar-refractivity contribution in [3.63, 3.8) is 0 Å². The van der Waals surface area contributed by atoms with Crippen molar-refractivity contribution in [3.05, 3.63) is 67.2 Å². The van der Waals surface area contributed by atoms with Gasteiger partial charge in [0.25, 0.3) is 17.4 Å². The summed E-state index contributed by atoms with van der Waals surface area (Å²) < 4.78 is 0. The smallest absolute Gasteiger partial charge is 0.261 e. The molecule has 3 N–H and O–H groups in total. The Balaban J connectivity index is 1.44. The van der Waals surface area contributed by atoms with E-state index in [1.165, 1.54) is 4.90 Å². The maximum Gasteiger partial charge on any atom is 0.261 e. The van der Waals surface area contributed by atoms with Crippen LogP contribution in [0.4, 0.5) is 5.69 Å². The van der Waals surface area contributed by atoms with Gasteiger partial charge in [-0.15, -0.1) is 11.3 Å². The molecule has 4 aromatic rings. The number of amides is 2. The fourth-order valence-corrected chi connectivity index (χ4v) is 5.32. The van der Waals surface area contributed by atoms with Crippen molar-refractivity contribution in [2.45, 2.75) is 19.4 Å². The molecular formula is C25H25ClN6O3S. The Kier molecular flexibility index (Phi) is 6.42. The van der Waals surface area contributed by atoms with E-state index in [1.54, 1.807) is 35.7 Å². The number of anilines is 1. The zero-order valence-corrected chi connectivity index (χ0v) is 21.6. The molecule has 1 atom stereocenters. The zero-order chi connectivity index (χ0) is 25.6. The summed E-state index contributed by atoms with van der Waals surface area (Å²) in [5.74, 6) is -0.304. The standard InChI is InChI=1S/C25H25ClN6O3S/c1-13(31(2)3)12-32-24(34)14-10-18-19(11-15(14)25(32)35)30-22(29-18)21-17(4-7-28-23(21)33)27-8-5-20-16(26)6-9-36-20/h4,6-7,9-11,13H,5,8,12H2,1-3H3,(H,29,30)(H2,27,28,33)/t13-/m0/s1. The van der Waals surface area contributed by atoms with Gasteiger partial charge in [0.15, 0.2) is 0 Å². The van der Waals surface area contributed by atoms with E-state index in [9.17, 15) is 14.4 Å². The summed E-state index contributed by atoms with van der Waals surface area (Å²) in [6.07, 6.45) is 2.28. The third kappa shape index (κ3) is 4.32. The lowest BCUT2D eigenvalue weighted by atomic mass is 10.1. The highest BCUT2D eigenvalue weighted by Gasteiger charge is 2.37. The number of carbonyl (C=O) groups excluding carboxylic acids is 2. The normalized spacial score (nSPS) is 14.2. The zero-order valence-electron chi connectivity index (χ0n) is 20.0. The van der Waals surface area contributed by atoms with Crippen molar-refractivity contribution in [1.82, 2.24) is 24.8 Å². The molecular weight excluding hydrogens is 500 g/mol. The summed E-state index contributed by atoms with van der Waals surface area (Å²) in [6, 6.07) is 6.92. The molecule has 1 aromatic carbocycles. The molecule has 186 valence electrons. The summed E-state index contributed by atoms with van der Waals surface area (Å²) in [5.41, 5.74) is 2.40. The number of halogens is 1. The number of thiophene rings is 1. The summed E-state index contributed by atoms with van der Waals surface area (Å²) in [6.45, 7) is 2.84. The van der Waals surface area contributed by atoms with Gasteiger partial charge >= 0.3 is 0 Å². The fourth-order valence-electron chi connectivity index (χ4n) is 4.18. The van der Waals surface area contributed by atoms with E-state index in [0.717, 1.165) is 9.90 Å². The van der Waals surface area contributed by atoms with Crippen molar-refractivity contribution < 1.29 is 9.59 Å². The minimum atomic E-state index is -0.331. The van der Waals surface area contributed by atoms with Crippen LogP contribution in [0.3, 0.4) is 0 Å². The van der Waals surface area contributed by atoms with Crippen LogP contribution in [-0.4, -0.2) is 69.8 Å². The molecule has 1 aliphatic rings. The number of aromatic nitrogens is 3. The number of nitrogens with one attached hydrogen (secondary N) is 3. The Morgan fingerprint density at radius 2 is 1.92 bits per heavy atom. The molecule has 3 aromatic heterocycles. The number of likely N-dealkylation sites (N-methyl/N-ethyl adjacent to an activating group) is 1. The fraction of sp³-hybridized carbons (Fsp3) is 0.280. The molecule has 1 aliphatic heterocycles. The van der Waals surface area contributed by atoms with Crippen molar-refractivity contribution in [3.8, 4) is 11.4 Å². The van der Waals surface area contributed by atoms with Gasteiger partial charge in [0.1, 0.15) is 11.4 Å². The van der Waals surface area contributed by atoms with Gasteiger partial charge in [-0.1, -0.05) is 11.6 Å². The first kappa shape index (κ1) is 24.2. The van der Waals surface area contributed by atoms with Gasteiger partial charge in [0.2, 0.25) is 0 Å². The number of aromatic amines is 2. The van der Waals surface area contributed by atoms with Gasteiger partial charge in [-0.05, 0) is 50.7 Å². The Morgan fingerprint density at radius 3 is 2.61 bits per heavy atom. The van der Waals surface area contributed by atoms with Gasteiger partial charge < -0.3 is 20.2 Å².